The van der Waals surface area contributed by atoms with Crippen LogP contribution in [0.1, 0.15) is 23.7 Å². The van der Waals surface area contributed by atoms with Gasteiger partial charge in [-0.05, 0) is 6.42 Å². The Bertz CT molecular complexity index is 296. The Labute approximate surface area is 98.8 Å². The van der Waals surface area contributed by atoms with Crippen molar-refractivity contribution in [3.05, 3.63) is 35.9 Å². The van der Waals surface area contributed by atoms with Crippen LogP contribution >= 0.6 is 15.9 Å². The number of ketones is 1. The molecule has 3 heteroatoms. The Balaban J connectivity index is 2.25. The highest BCUT2D eigenvalue weighted by Crippen LogP contribution is 2.04. The Kier molecular flexibility index (Phi) is 5.58. The van der Waals surface area contributed by atoms with E-state index in [-0.39, 0.29) is 12.4 Å². The Morgan fingerprint density at radius 1 is 1.40 bits per heavy atom. The highest BCUT2D eigenvalue weighted by atomic mass is 79.9. The van der Waals surface area contributed by atoms with Gasteiger partial charge in [-0.1, -0.05) is 53.2 Å². The van der Waals surface area contributed by atoms with E-state index in [0.29, 0.717) is 17.0 Å². The standard InChI is InChI=1S/C12H15BrO2/c1-10(13)7-8-15-9-12(14)11-5-3-2-4-6-11/h2-6,10H,7-9H2,1H3. The Hall–Kier alpha value is -0.670. The van der Waals surface area contributed by atoms with Gasteiger partial charge < -0.3 is 4.74 Å². The van der Waals surface area contributed by atoms with E-state index in [9.17, 15) is 4.79 Å². The number of Topliss-reactive ketones (excluding diaryl/α,β-unsaturated/α-hetero) is 1. The molecule has 0 radical (unpaired) electrons. The molecule has 0 heterocycles. The summed E-state index contributed by atoms with van der Waals surface area (Å²) in [5, 5.41) is 0. The third kappa shape index (κ3) is 5.09. The fraction of sp³-hybridized carbons (Fsp3) is 0.417. The van der Waals surface area contributed by atoms with Gasteiger partial charge in [0.2, 0.25) is 0 Å². The van der Waals surface area contributed by atoms with Crippen molar-refractivity contribution in [2.24, 2.45) is 0 Å². The zero-order chi connectivity index (χ0) is 11.1. The average Bonchev–Trinajstić information content (AvgIpc) is 2.25. The number of alkyl halides is 1. The molecule has 2 nitrogen and oxygen atoms in total. The van der Waals surface area contributed by atoms with Crippen molar-refractivity contribution in [3.8, 4) is 0 Å². The number of rotatable bonds is 6. The molecule has 0 aromatic heterocycles. The Morgan fingerprint density at radius 2 is 2.07 bits per heavy atom. The quantitative estimate of drug-likeness (QED) is 0.451. The molecule has 82 valence electrons. The predicted octanol–water partition coefficient (Wildman–Crippen LogP) is 3.06. The minimum absolute atomic E-state index is 0.0397. The average molecular weight is 271 g/mol. The minimum Gasteiger partial charge on any atom is -0.373 e. The lowest BCUT2D eigenvalue weighted by Crippen LogP contribution is -2.11. The molecule has 0 saturated heterocycles. The maximum atomic E-state index is 11.6. The topological polar surface area (TPSA) is 26.3 Å². The van der Waals surface area contributed by atoms with Crippen LogP contribution in [-0.2, 0) is 4.74 Å². The first-order chi connectivity index (χ1) is 7.20. The molecule has 0 aliphatic rings. The summed E-state index contributed by atoms with van der Waals surface area (Å²) >= 11 is 3.42. The molecule has 15 heavy (non-hydrogen) atoms. The molecular weight excluding hydrogens is 256 g/mol. The van der Waals surface area contributed by atoms with E-state index in [0.717, 1.165) is 6.42 Å². The van der Waals surface area contributed by atoms with Crippen molar-refractivity contribution >= 4 is 21.7 Å². The molecule has 0 N–H and O–H groups in total. The summed E-state index contributed by atoms with van der Waals surface area (Å²) in [6.45, 7) is 2.84. The summed E-state index contributed by atoms with van der Waals surface area (Å²) < 4.78 is 5.28. The molecular formula is C12H15BrO2. The van der Waals surface area contributed by atoms with Gasteiger partial charge in [-0.2, -0.15) is 0 Å². The lowest BCUT2D eigenvalue weighted by Gasteiger charge is -2.04. The summed E-state index contributed by atoms with van der Waals surface area (Å²) in [5.74, 6) is 0.0397. The van der Waals surface area contributed by atoms with Crippen molar-refractivity contribution in [1.29, 1.82) is 0 Å². The van der Waals surface area contributed by atoms with Gasteiger partial charge in [0, 0.05) is 17.0 Å². The Morgan fingerprint density at radius 3 is 2.67 bits per heavy atom. The van der Waals surface area contributed by atoms with Gasteiger partial charge in [0.15, 0.2) is 5.78 Å². The van der Waals surface area contributed by atoms with Crippen LogP contribution in [0.2, 0.25) is 0 Å². The maximum absolute atomic E-state index is 11.6. The number of halogens is 1. The molecule has 0 amide bonds. The second-order valence-electron chi connectivity index (χ2n) is 3.41. The van der Waals surface area contributed by atoms with E-state index < -0.39 is 0 Å². The monoisotopic (exact) mass is 270 g/mol. The summed E-state index contributed by atoms with van der Waals surface area (Å²) in [7, 11) is 0. The summed E-state index contributed by atoms with van der Waals surface area (Å²) in [5.41, 5.74) is 0.712. The predicted molar refractivity (Wildman–Crippen MR) is 64.6 cm³/mol. The van der Waals surface area contributed by atoms with E-state index in [4.69, 9.17) is 4.74 Å². The van der Waals surface area contributed by atoms with Crippen LogP contribution in [-0.4, -0.2) is 23.8 Å². The number of hydrogen-bond acceptors (Lipinski definition) is 2. The minimum atomic E-state index is 0.0397. The van der Waals surface area contributed by atoms with Crippen molar-refractivity contribution in [2.45, 2.75) is 18.2 Å². The molecule has 1 unspecified atom stereocenters. The van der Waals surface area contributed by atoms with Gasteiger partial charge in [-0.3, -0.25) is 4.79 Å². The van der Waals surface area contributed by atoms with Gasteiger partial charge in [0.25, 0.3) is 0 Å². The molecule has 1 aromatic rings. The number of ether oxygens (including phenoxy) is 1. The molecule has 0 aliphatic heterocycles. The highest BCUT2D eigenvalue weighted by Gasteiger charge is 2.04. The van der Waals surface area contributed by atoms with Crippen molar-refractivity contribution in [3.63, 3.8) is 0 Å². The maximum Gasteiger partial charge on any atom is 0.188 e. The van der Waals surface area contributed by atoms with Gasteiger partial charge in [0.1, 0.15) is 6.61 Å². The van der Waals surface area contributed by atoms with Gasteiger partial charge in [0.05, 0.1) is 0 Å². The van der Waals surface area contributed by atoms with Crippen LogP contribution in [0, 0.1) is 0 Å². The van der Waals surface area contributed by atoms with Crippen LogP contribution in [0.15, 0.2) is 30.3 Å². The molecule has 0 bridgehead atoms. The van der Waals surface area contributed by atoms with E-state index in [2.05, 4.69) is 22.9 Å². The van der Waals surface area contributed by atoms with Gasteiger partial charge in [-0.25, -0.2) is 0 Å². The first kappa shape index (κ1) is 12.4. The SMILES string of the molecule is CC(Br)CCOCC(=O)c1ccccc1. The summed E-state index contributed by atoms with van der Waals surface area (Å²) in [6.07, 6.45) is 0.919. The van der Waals surface area contributed by atoms with Gasteiger partial charge in [-0.15, -0.1) is 0 Å². The van der Waals surface area contributed by atoms with E-state index in [1.165, 1.54) is 0 Å². The number of benzene rings is 1. The van der Waals surface area contributed by atoms with Crippen LogP contribution in [0.25, 0.3) is 0 Å². The third-order valence-corrected chi connectivity index (χ3v) is 2.45. The zero-order valence-corrected chi connectivity index (χ0v) is 10.4. The molecule has 1 aromatic carbocycles. The first-order valence-electron chi connectivity index (χ1n) is 5.00. The van der Waals surface area contributed by atoms with E-state index >= 15 is 0 Å². The highest BCUT2D eigenvalue weighted by molar-refractivity contribution is 9.09. The first-order valence-corrected chi connectivity index (χ1v) is 5.92. The lowest BCUT2D eigenvalue weighted by atomic mass is 10.1. The van der Waals surface area contributed by atoms with Crippen molar-refractivity contribution in [1.82, 2.24) is 0 Å². The van der Waals surface area contributed by atoms with Gasteiger partial charge >= 0.3 is 0 Å². The van der Waals surface area contributed by atoms with Crippen molar-refractivity contribution in [2.75, 3.05) is 13.2 Å². The largest absolute Gasteiger partial charge is 0.373 e. The second-order valence-corrected chi connectivity index (χ2v) is 4.97. The molecule has 1 rings (SSSR count). The second kappa shape index (κ2) is 6.75. The number of carbonyl (C=O) groups excluding carboxylic acids is 1. The van der Waals surface area contributed by atoms with E-state index in [1.54, 1.807) is 12.1 Å². The van der Waals surface area contributed by atoms with Crippen molar-refractivity contribution < 1.29 is 9.53 Å². The number of hydrogen-bond donors (Lipinski definition) is 0. The van der Waals surface area contributed by atoms with Crippen LogP contribution in [0.4, 0.5) is 0 Å². The molecule has 0 saturated carbocycles. The molecule has 0 fully saturated rings. The molecule has 1 atom stereocenters. The summed E-state index contributed by atoms with van der Waals surface area (Å²) in [4.78, 5) is 12.0. The zero-order valence-electron chi connectivity index (χ0n) is 8.78. The normalized spacial score (nSPS) is 12.4. The third-order valence-electron chi connectivity index (χ3n) is 1.99. The fourth-order valence-corrected chi connectivity index (χ4v) is 1.30. The summed E-state index contributed by atoms with van der Waals surface area (Å²) in [6, 6.07) is 9.21. The molecule has 0 aliphatic carbocycles. The van der Waals surface area contributed by atoms with Crippen LogP contribution < -0.4 is 0 Å². The fourth-order valence-electron chi connectivity index (χ4n) is 1.12. The van der Waals surface area contributed by atoms with Crippen LogP contribution in [0.5, 0.6) is 0 Å². The molecule has 0 spiro atoms. The van der Waals surface area contributed by atoms with Crippen LogP contribution in [0.3, 0.4) is 0 Å². The lowest BCUT2D eigenvalue weighted by molar-refractivity contribution is 0.0757. The number of carbonyl (C=O) groups is 1. The van der Waals surface area contributed by atoms with E-state index in [1.807, 2.05) is 18.2 Å². The smallest absolute Gasteiger partial charge is 0.188 e.